The summed E-state index contributed by atoms with van der Waals surface area (Å²) >= 11 is 0. The minimum Gasteiger partial charge on any atom is -0.481 e. The number of fused-ring (bicyclic) bond motifs is 4. The van der Waals surface area contributed by atoms with Gasteiger partial charge in [0.2, 0.25) is 0 Å². The van der Waals surface area contributed by atoms with Crippen molar-refractivity contribution < 1.29 is 19.4 Å². The number of carbonyl (C=O) groups excluding carboxylic acids is 1. The summed E-state index contributed by atoms with van der Waals surface area (Å²) in [7, 11) is 2.00. The van der Waals surface area contributed by atoms with Gasteiger partial charge >= 0.3 is 12.1 Å². The smallest absolute Gasteiger partial charge is 0.409 e. The summed E-state index contributed by atoms with van der Waals surface area (Å²) in [5.74, 6) is -0.852. The minimum atomic E-state index is -0.849. The SMILES string of the molecule is CN1CC[C@]2(C(=O)O)CN(C(=O)OCC3c4ccccc4-c4ccccc43)C[C@@H]2C1. The number of likely N-dealkylation sites (tertiary alicyclic amines) is 2. The number of hydrogen-bond donors (Lipinski definition) is 1. The van der Waals surface area contributed by atoms with E-state index in [2.05, 4.69) is 29.2 Å². The van der Waals surface area contributed by atoms with Crippen LogP contribution >= 0.6 is 0 Å². The number of carbonyl (C=O) groups is 2. The molecule has 30 heavy (non-hydrogen) atoms. The molecule has 2 aliphatic heterocycles. The largest absolute Gasteiger partial charge is 0.481 e. The van der Waals surface area contributed by atoms with Crippen molar-refractivity contribution in [2.45, 2.75) is 12.3 Å². The van der Waals surface area contributed by atoms with Crippen LogP contribution in [0.5, 0.6) is 0 Å². The van der Waals surface area contributed by atoms with Gasteiger partial charge in [0.25, 0.3) is 0 Å². The molecular weight excluding hydrogens is 380 g/mol. The molecule has 0 spiro atoms. The third-order valence-electron chi connectivity index (χ3n) is 7.19. The summed E-state index contributed by atoms with van der Waals surface area (Å²) in [6, 6.07) is 16.5. The van der Waals surface area contributed by atoms with Crippen LogP contribution < -0.4 is 0 Å². The number of piperidine rings is 1. The quantitative estimate of drug-likeness (QED) is 0.847. The number of hydrogen-bond acceptors (Lipinski definition) is 4. The second-order valence-electron chi connectivity index (χ2n) is 8.85. The van der Waals surface area contributed by atoms with Gasteiger partial charge in [-0.1, -0.05) is 48.5 Å². The van der Waals surface area contributed by atoms with Gasteiger partial charge in [0.1, 0.15) is 6.61 Å². The Hall–Kier alpha value is -2.86. The number of nitrogens with zero attached hydrogens (tertiary/aromatic N) is 2. The molecule has 1 N–H and O–H groups in total. The van der Waals surface area contributed by atoms with Gasteiger partial charge in [0.05, 0.1) is 5.41 Å². The number of carboxylic acid groups (broad SMARTS) is 1. The fourth-order valence-electron chi connectivity index (χ4n) is 5.52. The lowest BCUT2D eigenvalue weighted by molar-refractivity contribution is -0.153. The maximum atomic E-state index is 12.9. The highest BCUT2D eigenvalue weighted by molar-refractivity contribution is 5.80. The highest BCUT2D eigenvalue weighted by Gasteiger charge is 2.55. The third kappa shape index (κ3) is 2.89. The second-order valence-corrected chi connectivity index (χ2v) is 8.85. The van der Waals surface area contributed by atoms with Crippen molar-refractivity contribution in [1.82, 2.24) is 9.80 Å². The molecule has 0 bridgehead atoms. The van der Waals surface area contributed by atoms with Gasteiger partial charge in [0.15, 0.2) is 0 Å². The Morgan fingerprint density at radius 3 is 2.33 bits per heavy atom. The molecule has 2 saturated heterocycles. The van der Waals surface area contributed by atoms with Gasteiger partial charge in [-0.3, -0.25) is 4.79 Å². The van der Waals surface area contributed by atoms with Crippen LogP contribution in [0.4, 0.5) is 4.79 Å². The lowest BCUT2D eigenvalue weighted by Crippen LogP contribution is -2.49. The molecule has 156 valence electrons. The molecule has 2 atom stereocenters. The fourth-order valence-corrected chi connectivity index (χ4v) is 5.52. The van der Waals surface area contributed by atoms with Crippen LogP contribution in [0.15, 0.2) is 48.5 Å². The average Bonchev–Trinajstić information content (AvgIpc) is 3.29. The zero-order valence-electron chi connectivity index (χ0n) is 17.1. The molecule has 0 saturated carbocycles. The third-order valence-corrected chi connectivity index (χ3v) is 7.19. The summed E-state index contributed by atoms with van der Waals surface area (Å²) in [6.07, 6.45) is 0.158. The molecule has 0 radical (unpaired) electrons. The van der Waals surface area contributed by atoms with Crippen molar-refractivity contribution in [3.8, 4) is 11.1 Å². The van der Waals surface area contributed by atoms with Crippen molar-refractivity contribution in [1.29, 1.82) is 0 Å². The van der Waals surface area contributed by atoms with E-state index in [4.69, 9.17) is 4.74 Å². The van der Waals surface area contributed by atoms with Crippen molar-refractivity contribution in [2.75, 3.05) is 39.8 Å². The Kier molecular flexibility index (Phi) is 4.54. The summed E-state index contributed by atoms with van der Waals surface area (Å²) in [4.78, 5) is 28.7. The molecular formula is C24H26N2O4. The number of carboxylic acids is 1. The standard InChI is InChI=1S/C24H26N2O4/c1-25-11-10-24(22(27)28)15-26(13-16(24)12-25)23(29)30-14-21-19-8-4-2-6-17(19)18-7-3-5-9-20(18)21/h2-9,16,21H,10-15H2,1H3,(H,27,28)/t16-,24-/m0/s1. The lowest BCUT2D eigenvalue weighted by Gasteiger charge is -2.38. The van der Waals surface area contributed by atoms with Crippen molar-refractivity contribution in [3.63, 3.8) is 0 Å². The zero-order chi connectivity index (χ0) is 20.9. The number of ether oxygens (including phenoxy) is 1. The molecule has 0 unspecified atom stereocenters. The van der Waals surface area contributed by atoms with Gasteiger partial charge in [-0.15, -0.1) is 0 Å². The van der Waals surface area contributed by atoms with Crippen LogP contribution in [0.1, 0.15) is 23.5 Å². The average molecular weight is 406 g/mol. The van der Waals surface area contributed by atoms with E-state index in [9.17, 15) is 14.7 Å². The number of benzene rings is 2. The topological polar surface area (TPSA) is 70.1 Å². The molecule has 2 aromatic carbocycles. The zero-order valence-corrected chi connectivity index (χ0v) is 17.1. The van der Waals surface area contributed by atoms with Gasteiger partial charge in [-0.25, -0.2) is 4.79 Å². The van der Waals surface area contributed by atoms with E-state index in [1.165, 1.54) is 22.3 Å². The van der Waals surface area contributed by atoms with E-state index in [0.717, 1.165) is 6.54 Å². The Morgan fingerprint density at radius 1 is 1.07 bits per heavy atom. The predicted octanol–water partition coefficient (Wildman–Crippen LogP) is 3.27. The van der Waals surface area contributed by atoms with Gasteiger partial charge in [-0.05, 0) is 42.3 Å². The first-order valence-electron chi connectivity index (χ1n) is 10.5. The highest BCUT2D eigenvalue weighted by atomic mass is 16.6. The molecule has 3 aliphatic rings. The lowest BCUT2D eigenvalue weighted by atomic mass is 9.73. The normalized spacial score (nSPS) is 25.5. The van der Waals surface area contributed by atoms with Crippen LogP contribution in [0.25, 0.3) is 11.1 Å². The number of rotatable bonds is 3. The number of aliphatic carboxylic acids is 1. The predicted molar refractivity (Wildman–Crippen MR) is 112 cm³/mol. The first kappa shape index (κ1) is 19.1. The molecule has 0 aromatic heterocycles. The molecule has 6 heteroatoms. The van der Waals surface area contributed by atoms with Crippen LogP contribution in [-0.4, -0.2) is 66.8 Å². The number of amides is 1. The molecule has 1 amide bonds. The van der Waals surface area contributed by atoms with E-state index in [0.29, 0.717) is 19.5 Å². The molecule has 2 heterocycles. The van der Waals surface area contributed by atoms with Crippen LogP contribution in [-0.2, 0) is 9.53 Å². The van der Waals surface area contributed by atoms with E-state index in [1.54, 1.807) is 4.90 Å². The Bertz CT molecular complexity index is 961. The minimum absolute atomic E-state index is 0.00537. The van der Waals surface area contributed by atoms with E-state index in [1.807, 2.05) is 31.3 Å². The van der Waals surface area contributed by atoms with Gasteiger partial charge in [-0.2, -0.15) is 0 Å². The molecule has 2 fully saturated rings. The van der Waals surface area contributed by atoms with Crippen LogP contribution in [0, 0.1) is 11.3 Å². The Morgan fingerprint density at radius 2 is 1.70 bits per heavy atom. The summed E-state index contributed by atoms with van der Waals surface area (Å²) in [5.41, 5.74) is 3.87. The maximum Gasteiger partial charge on any atom is 0.409 e. The monoisotopic (exact) mass is 406 g/mol. The first-order valence-corrected chi connectivity index (χ1v) is 10.5. The molecule has 1 aliphatic carbocycles. The van der Waals surface area contributed by atoms with Gasteiger partial charge in [0, 0.05) is 31.5 Å². The highest BCUT2D eigenvalue weighted by Crippen LogP contribution is 2.45. The van der Waals surface area contributed by atoms with Crippen molar-refractivity contribution >= 4 is 12.1 Å². The maximum absolute atomic E-state index is 12.9. The van der Waals surface area contributed by atoms with Crippen LogP contribution in [0.2, 0.25) is 0 Å². The van der Waals surface area contributed by atoms with E-state index >= 15 is 0 Å². The van der Waals surface area contributed by atoms with E-state index < -0.39 is 17.5 Å². The fraction of sp³-hybridized carbons (Fsp3) is 0.417. The van der Waals surface area contributed by atoms with E-state index in [-0.39, 0.29) is 25.0 Å². The van der Waals surface area contributed by atoms with Gasteiger partial charge < -0.3 is 19.6 Å². The summed E-state index contributed by atoms with van der Waals surface area (Å²) in [5, 5.41) is 9.91. The Labute approximate surface area is 176 Å². The van der Waals surface area contributed by atoms with Crippen molar-refractivity contribution in [3.05, 3.63) is 59.7 Å². The van der Waals surface area contributed by atoms with Crippen molar-refractivity contribution in [2.24, 2.45) is 11.3 Å². The second kappa shape index (κ2) is 7.13. The molecule has 6 nitrogen and oxygen atoms in total. The Balaban J connectivity index is 1.32. The van der Waals surface area contributed by atoms with Crippen LogP contribution in [0.3, 0.4) is 0 Å². The summed E-state index contributed by atoms with van der Waals surface area (Å²) in [6.45, 7) is 2.36. The molecule has 2 aromatic rings. The first-order chi connectivity index (χ1) is 14.5. The summed E-state index contributed by atoms with van der Waals surface area (Å²) < 4.78 is 5.76. The molecule has 5 rings (SSSR count).